The van der Waals surface area contributed by atoms with Gasteiger partial charge in [0.25, 0.3) is 9.05 Å². The number of hydrogen-bond acceptors (Lipinski definition) is 4. The van der Waals surface area contributed by atoms with Crippen LogP contribution in [-0.4, -0.2) is 28.2 Å². The van der Waals surface area contributed by atoms with Crippen LogP contribution in [0.4, 0.5) is 0 Å². The first-order chi connectivity index (χ1) is 8.45. The fraction of sp³-hybridized carbons (Fsp3) is 0.455. The molecular weight excluding hydrogens is 344 g/mol. The molecule has 1 aromatic carbocycles. The molecule has 0 aliphatic carbocycles. The van der Waals surface area contributed by atoms with Crippen LogP contribution in [0.3, 0.4) is 0 Å². The Hall–Kier alpha value is -0.300. The van der Waals surface area contributed by atoms with Crippen molar-refractivity contribution in [3.05, 3.63) is 22.7 Å². The van der Waals surface area contributed by atoms with Gasteiger partial charge < -0.3 is 9.47 Å². The van der Waals surface area contributed by atoms with E-state index in [2.05, 4.69) is 15.9 Å². The molecule has 1 aromatic rings. The van der Waals surface area contributed by atoms with E-state index >= 15 is 0 Å². The molecule has 0 radical (unpaired) electrons. The second kappa shape index (κ2) is 7.33. The minimum atomic E-state index is -3.83. The summed E-state index contributed by atoms with van der Waals surface area (Å²) in [6.45, 7) is 3.35. The Morgan fingerprint density at radius 2 is 2.00 bits per heavy atom. The van der Waals surface area contributed by atoms with Gasteiger partial charge in [0.15, 0.2) is 0 Å². The molecule has 0 atom stereocenters. The minimum absolute atomic E-state index is 0.0472. The standard InChI is InChI=1S/C11H14BrClO4S/c1-2-5-16-6-7-17-10-4-3-9(12)8-11(10)18(13,14)15/h3-4,8H,2,5-7H2,1H3. The van der Waals surface area contributed by atoms with Gasteiger partial charge in [-0.05, 0) is 24.6 Å². The van der Waals surface area contributed by atoms with Gasteiger partial charge in [-0.1, -0.05) is 22.9 Å². The molecule has 102 valence electrons. The number of benzene rings is 1. The van der Waals surface area contributed by atoms with E-state index in [0.29, 0.717) is 17.7 Å². The molecule has 0 fully saturated rings. The first kappa shape index (κ1) is 15.8. The summed E-state index contributed by atoms with van der Waals surface area (Å²) in [6.07, 6.45) is 0.930. The Balaban J connectivity index is 2.71. The number of ether oxygens (including phenoxy) is 2. The van der Waals surface area contributed by atoms with E-state index in [1.165, 1.54) is 6.07 Å². The third kappa shape index (κ3) is 5.14. The monoisotopic (exact) mass is 356 g/mol. The second-order valence-corrected chi connectivity index (χ2v) is 6.94. The molecular formula is C11H14BrClO4S. The highest BCUT2D eigenvalue weighted by atomic mass is 79.9. The molecule has 7 heteroatoms. The van der Waals surface area contributed by atoms with Crippen molar-refractivity contribution >= 4 is 35.7 Å². The zero-order valence-electron chi connectivity index (χ0n) is 9.86. The summed E-state index contributed by atoms with van der Waals surface area (Å²) in [5, 5.41) is 0. The topological polar surface area (TPSA) is 52.6 Å². The summed E-state index contributed by atoms with van der Waals surface area (Å²) in [5.41, 5.74) is 0. The van der Waals surface area contributed by atoms with Crippen LogP contribution in [0.5, 0.6) is 5.75 Å². The first-order valence-corrected chi connectivity index (χ1v) is 8.50. The molecule has 18 heavy (non-hydrogen) atoms. The predicted octanol–water partition coefficient (Wildman–Crippen LogP) is 3.18. The van der Waals surface area contributed by atoms with Gasteiger partial charge in [-0.2, -0.15) is 0 Å². The van der Waals surface area contributed by atoms with Gasteiger partial charge in [-0.15, -0.1) is 0 Å². The molecule has 0 amide bonds. The molecule has 0 saturated carbocycles. The summed E-state index contributed by atoms with van der Waals surface area (Å²) in [7, 11) is 1.51. The maximum atomic E-state index is 11.4. The average molecular weight is 358 g/mol. The van der Waals surface area contributed by atoms with Crippen molar-refractivity contribution in [3.63, 3.8) is 0 Å². The lowest BCUT2D eigenvalue weighted by Gasteiger charge is -2.10. The van der Waals surface area contributed by atoms with Gasteiger partial charge in [0, 0.05) is 21.8 Å². The molecule has 0 unspecified atom stereocenters. The Labute approximate surface area is 120 Å². The van der Waals surface area contributed by atoms with Gasteiger partial charge in [0.05, 0.1) is 6.61 Å². The summed E-state index contributed by atoms with van der Waals surface area (Å²) in [5.74, 6) is 0.230. The molecule has 0 spiro atoms. The van der Waals surface area contributed by atoms with Crippen LogP contribution in [0, 0.1) is 0 Å². The van der Waals surface area contributed by atoms with E-state index in [1.807, 2.05) is 6.92 Å². The van der Waals surface area contributed by atoms with E-state index < -0.39 is 9.05 Å². The lowest BCUT2D eigenvalue weighted by Crippen LogP contribution is -2.08. The highest BCUT2D eigenvalue weighted by molar-refractivity contribution is 9.10. The molecule has 0 heterocycles. The van der Waals surface area contributed by atoms with Crippen LogP contribution < -0.4 is 4.74 Å². The van der Waals surface area contributed by atoms with Crippen molar-refractivity contribution in [2.24, 2.45) is 0 Å². The van der Waals surface area contributed by atoms with Crippen molar-refractivity contribution in [1.82, 2.24) is 0 Å². The quantitative estimate of drug-likeness (QED) is 0.555. The largest absolute Gasteiger partial charge is 0.490 e. The molecule has 0 bridgehead atoms. The lowest BCUT2D eigenvalue weighted by atomic mass is 10.3. The van der Waals surface area contributed by atoms with Crippen LogP contribution >= 0.6 is 26.6 Å². The highest BCUT2D eigenvalue weighted by Gasteiger charge is 2.17. The second-order valence-electron chi connectivity index (χ2n) is 3.49. The van der Waals surface area contributed by atoms with E-state index in [-0.39, 0.29) is 17.3 Å². The maximum Gasteiger partial charge on any atom is 0.265 e. The molecule has 1 rings (SSSR count). The van der Waals surface area contributed by atoms with Crippen molar-refractivity contribution in [1.29, 1.82) is 0 Å². The zero-order valence-corrected chi connectivity index (χ0v) is 13.0. The predicted molar refractivity (Wildman–Crippen MR) is 73.8 cm³/mol. The van der Waals surface area contributed by atoms with Crippen LogP contribution in [-0.2, 0) is 13.8 Å². The fourth-order valence-corrected chi connectivity index (χ4v) is 2.76. The summed E-state index contributed by atoms with van der Waals surface area (Å²) in [4.78, 5) is -0.0472. The number of hydrogen-bond donors (Lipinski definition) is 0. The third-order valence-corrected chi connectivity index (χ3v) is 3.84. The minimum Gasteiger partial charge on any atom is -0.490 e. The summed E-state index contributed by atoms with van der Waals surface area (Å²) < 4.78 is 34.0. The van der Waals surface area contributed by atoms with Gasteiger partial charge >= 0.3 is 0 Å². The Kier molecular flexibility index (Phi) is 6.42. The molecule has 0 aliphatic heterocycles. The summed E-state index contributed by atoms with van der Waals surface area (Å²) in [6, 6.07) is 4.65. The first-order valence-electron chi connectivity index (χ1n) is 5.40. The van der Waals surface area contributed by atoms with Crippen molar-refractivity contribution in [3.8, 4) is 5.75 Å². The summed E-state index contributed by atoms with van der Waals surface area (Å²) >= 11 is 3.19. The maximum absolute atomic E-state index is 11.4. The molecule has 0 N–H and O–H groups in total. The number of halogens is 2. The molecule has 0 aromatic heterocycles. The van der Waals surface area contributed by atoms with Gasteiger partial charge in [-0.3, -0.25) is 0 Å². The number of rotatable bonds is 7. The van der Waals surface area contributed by atoms with E-state index in [1.54, 1.807) is 12.1 Å². The smallest absolute Gasteiger partial charge is 0.265 e. The van der Waals surface area contributed by atoms with E-state index in [9.17, 15) is 8.42 Å². The Morgan fingerprint density at radius 3 is 2.61 bits per heavy atom. The lowest BCUT2D eigenvalue weighted by molar-refractivity contribution is 0.0996. The van der Waals surface area contributed by atoms with Gasteiger partial charge in [0.2, 0.25) is 0 Å². The van der Waals surface area contributed by atoms with Crippen LogP contribution in [0.2, 0.25) is 0 Å². The normalized spacial score (nSPS) is 11.5. The molecule has 0 saturated heterocycles. The molecule has 0 aliphatic rings. The van der Waals surface area contributed by atoms with Crippen LogP contribution in [0.15, 0.2) is 27.6 Å². The van der Waals surface area contributed by atoms with Gasteiger partial charge in [0.1, 0.15) is 17.3 Å². The third-order valence-electron chi connectivity index (χ3n) is 2.00. The van der Waals surface area contributed by atoms with E-state index in [4.69, 9.17) is 20.2 Å². The molecule has 4 nitrogen and oxygen atoms in total. The SMILES string of the molecule is CCCOCCOc1ccc(Br)cc1S(=O)(=O)Cl. The van der Waals surface area contributed by atoms with Crippen molar-refractivity contribution in [2.75, 3.05) is 19.8 Å². The van der Waals surface area contributed by atoms with Crippen molar-refractivity contribution < 1.29 is 17.9 Å². The highest BCUT2D eigenvalue weighted by Crippen LogP contribution is 2.29. The van der Waals surface area contributed by atoms with Crippen LogP contribution in [0.1, 0.15) is 13.3 Å². The van der Waals surface area contributed by atoms with Gasteiger partial charge in [-0.25, -0.2) is 8.42 Å². The average Bonchev–Trinajstić information content (AvgIpc) is 2.29. The Morgan fingerprint density at radius 1 is 1.28 bits per heavy atom. The Bertz CT molecular complexity index is 490. The van der Waals surface area contributed by atoms with E-state index in [0.717, 1.165) is 6.42 Å². The van der Waals surface area contributed by atoms with Crippen molar-refractivity contribution in [2.45, 2.75) is 18.2 Å². The fourth-order valence-electron chi connectivity index (χ4n) is 1.25. The van der Waals surface area contributed by atoms with Crippen LogP contribution in [0.25, 0.3) is 0 Å². The zero-order chi connectivity index (χ0) is 13.6.